The molecule has 106 valence electrons. The van der Waals surface area contributed by atoms with Crippen LogP contribution in [0.25, 0.3) is 0 Å². The van der Waals surface area contributed by atoms with Crippen molar-refractivity contribution < 1.29 is 23.1 Å². The summed E-state index contributed by atoms with van der Waals surface area (Å²) in [4.78, 5) is 15.1. The predicted molar refractivity (Wildman–Crippen MR) is 62.4 cm³/mol. The summed E-state index contributed by atoms with van der Waals surface area (Å²) in [6, 6.07) is 1.91. The largest absolute Gasteiger partial charge is 0.418 e. The zero-order valence-corrected chi connectivity index (χ0v) is 10.5. The van der Waals surface area contributed by atoms with Crippen LogP contribution in [0.4, 0.5) is 13.2 Å². The molecule has 0 aliphatic carbocycles. The third-order valence-corrected chi connectivity index (χ3v) is 2.57. The standard InChI is InChI=1S/C12H15F3N2O2/c1-7(2)9(18)6-17-11(19)10-8(12(13,14)15)4-3-5-16-10/h3-5,7,9,18H,6H2,1-2H3,(H,17,19). The van der Waals surface area contributed by atoms with Crippen LogP contribution >= 0.6 is 0 Å². The molecule has 0 spiro atoms. The van der Waals surface area contributed by atoms with Gasteiger partial charge in [0.1, 0.15) is 5.69 Å². The van der Waals surface area contributed by atoms with Gasteiger partial charge in [-0.2, -0.15) is 13.2 Å². The number of carbonyl (C=O) groups excluding carboxylic acids is 1. The van der Waals surface area contributed by atoms with E-state index in [1.807, 2.05) is 0 Å². The van der Waals surface area contributed by atoms with Gasteiger partial charge in [0.25, 0.3) is 5.91 Å². The van der Waals surface area contributed by atoms with Gasteiger partial charge < -0.3 is 10.4 Å². The Kier molecular flexibility index (Phi) is 4.88. The molecule has 7 heteroatoms. The molecule has 4 nitrogen and oxygen atoms in total. The van der Waals surface area contributed by atoms with Gasteiger partial charge in [-0.3, -0.25) is 9.78 Å². The third kappa shape index (κ3) is 4.20. The molecule has 1 atom stereocenters. The molecule has 0 bridgehead atoms. The highest BCUT2D eigenvalue weighted by atomic mass is 19.4. The third-order valence-electron chi connectivity index (χ3n) is 2.57. The van der Waals surface area contributed by atoms with E-state index in [0.717, 1.165) is 18.3 Å². The molecule has 2 N–H and O–H groups in total. The van der Waals surface area contributed by atoms with Crippen LogP contribution in [0.15, 0.2) is 18.3 Å². The normalized spacial score (nSPS) is 13.4. The summed E-state index contributed by atoms with van der Waals surface area (Å²) in [6.07, 6.45) is -4.34. The van der Waals surface area contributed by atoms with Crippen LogP contribution in [-0.2, 0) is 6.18 Å². The fraction of sp³-hybridized carbons (Fsp3) is 0.500. The van der Waals surface area contributed by atoms with Crippen molar-refractivity contribution in [2.75, 3.05) is 6.54 Å². The van der Waals surface area contributed by atoms with Crippen molar-refractivity contribution in [3.8, 4) is 0 Å². The molecule has 1 unspecified atom stereocenters. The average Bonchev–Trinajstić information content (AvgIpc) is 2.34. The Bertz CT molecular complexity index is 447. The van der Waals surface area contributed by atoms with E-state index in [4.69, 9.17) is 0 Å². The van der Waals surface area contributed by atoms with E-state index in [1.54, 1.807) is 13.8 Å². The summed E-state index contributed by atoms with van der Waals surface area (Å²) >= 11 is 0. The van der Waals surface area contributed by atoms with Crippen LogP contribution in [0, 0.1) is 5.92 Å². The summed E-state index contributed by atoms with van der Waals surface area (Å²) in [7, 11) is 0. The average molecular weight is 276 g/mol. The fourth-order valence-corrected chi connectivity index (χ4v) is 1.33. The number of aliphatic hydroxyl groups is 1. The van der Waals surface area contributed by atoms with Crippen LogP contribution in [0.1, 0.15) is 29.9 Å². The minimum Gasteiger partial charge on any atom is -0.391 e. The molecular formula is C12H15F3N2O2. The van der Waals surface area contributed by atoms with Crippen molar-refractivity contribution in [2.24, 2.45) is 5.92 Å². The molecular weight excluding hydrogens is 261 g/mol. The van der Waals surface area contributed by atoms with Crippen molar-refractivity contribution in [1.82, 2.24) is 10.3 Å². The van der Waals surface area contributed by atoms with Gasteiger partial charge in [0.2, 0.25) is 0 Å². The highest BCUT2D eigenvalue weighted by molar-refractivity contribution is 5.93. The van der Waals surface area contributed by atoms with Gasteiger partial charge in [-0.25, -0.2) is 0 Å². The summed E-state index contributed by atoms with van der Waals surface area (Å²) in [5.74, 6) is -1.06. The number of carbonyl (C=O) groups is 1. The van der Waals surface area contributed by atoms with Crippen LogP contribution < -0.4 is 5.32 Å². The van der Waals surface area contributed by atoms with Gasteiger partial charge in [-0.05, 0) is 18.1 Å². The maximum Gasteiger partial charge on any atom is 0.418 e. The van der Waals surface area contributed by atoms with Crippen molar-refractivity contribution in [1.29, 1.82) is 0 Å². The summed E-state index contributed by atoms with van der Waals surface area (Å²) in [5, 5.41) is 11.7. The van der Waals surface area contributed by atoms with Gasteiger partial charge in [0.15, 0.2) is 0 Å². The number of pyridine rings is 1. The molecule has 0 radical (unpaired) electrons. The minimum absolute atomic E-state index is 0.105. The first-order valence-electron chi connectivity index (χ1n) is 5.72. The summed E-state index contributed by atoms with van der Waals surface area (Å²) in [5.41, 5.74) is -1.78. The van der Waals surface area contributed by atoms with Crippen LogP contribution in [0.3, 0.4) is 0 Å². The Morgan fingerprint density at radius 2 is 2.11 bits per heavy atom. The van der Waals surface area contributed by atoms with Gasteiger partial charge in [0.05, 0.1) is 11.7 Å². The Hall–Kier alpha value is -1.63. The second kappa shape index (κ2) is 6.01. The van der Waals surface area contributed by atoms with E-state index in [-0.39, 0.29) is 12.5 Å². The number of amides is 1. The van der Waals surface area contributed by atoms with E-state index >= 15 is 0 Å². The lowest BCUT2D eigenvalue weighted by atomic mass is 10.1. The van der Waals surface area contributed by atoms with Crippen molar-refractivity contribution in [3.05, 3.63) is 29.6 Å². The monoisotopic (exact) mass is 276 g/mol. The summed E-state index contributed by atoms with van der Waals surface area (Å²) in [6.45, 7) is 3.35. The number of aromatic nitrogens is 1. The van der Waals surface area contributed by atoms with Crippen LogP contribution in [-0.4, -0.2) is 28.6 Å². The molecule has 1 amide bonds. The molecule has 1 heterocycles. The fourth-order valence-electron chi connectivity index (χ4n) is 1.33. The molecule has 1 rings (SSSR count). The molecule has 1 aromatic rings. The number of nitrogens with one attached hydrogen (secondary N) is 1. The molecule has 0 aliphatic rings. The van der Waals surface area contributed by atoms with Crippen molar-refractivity contribution >= 4 is 5.91 Å². The van der Waals surface area contributed by atoms with E-state index < -0.39 is 29.4 Å². The number of rotatable bonds is 4. The number of alkyl halides is 3. The predicted octanol–water partition coefficient (Wildman–Crippen LogP) is 1.85. The topological polar surface area (TPSA) is 62.2 Å². The molecule has 0 aromatic carbocycles. The van der Waals surface area contributed by atoms with Crippen LogP contribution in [0.5, 0.6) is 0 Å². The smallest absolute Gasteiger partial charge is 0.391 e. The number of halogens is 3. The lowest BCUT2D eigenvalue weighted by Crippen LogP contribution is -2.36. The number of hydrogen-bond donors (Lipinski definition) is 2. The lowest BCUT2D eigenvalue weighted by molar-refractivity contribution is -0.138. The zero-order chi connectivity index (χ0) is 14.6. The first-order chi connectivity index (χ1) is 8.73. The highest BCUT2D eigenvalue weighted by Gasteiger charge is 2.35. The summed E-state index contributed by atoms with van der Waals surface area (Å²) < 4.78 is 38.0. The Labute approximate surface area is 108 Å². The lowest BCUT2D eigenvalue weighted by Gasteiger charge is -2.16. The quantitative estimate of drug-likeness (QED) is 0.882. The van der Waals surface area contributed by atoms with Crippen LogP contribution in [0.2, 0.25) is 0 Å². The van der Waals surface area contributed by atoms with E-state index in [1.165, 1.54) is 0 Å². The SMILES string of the molecule is CC(C)C(O)CNC(=O)c1ncccc1C(F)(F)F. The molecule has 0 fully saturated rings. The van der Waals surface area contributed by atoms with Crippen molar-refractivity contribution in [3.63, 3.8) is 0 Å². The molecule has 0 aliphatic heterocycles. The van der Waals surface area contributed by atoms with Gasteiger partial charge in [0, 0.05) is 12.7 Å². The van der Waals surface area contributed by atoms with E-state index in [0.29, 0.717) is 0 Å². The first-order valence-corrected chi connectivity index (χ1v) is 5.72. The highest BCUT2D eigenvalue weighted by Crippen LogP contribution is 2.30. The molecule has 0 saturated carbocycles. The Morgan fingerprint density at radius 1 is 1.47 bits per heavy atom. The number of aliphatic hydroxyl groups excluding tert-OH is 1. The van der Waals surface area contributed by atoms with E-state index in [2.05, 4.69) is 10.3 Å². The van der Waals surface area contributed by atoms with Gasteiger partial charge in [-0.15, -0.1) is 0 Å². The Balaban J connectivity index is 2.83. The first kappa shape index (κ1) is 15.4. The zero-order valence-electron chi connectivity index (χ0n) is 10.5. The van der Waals surface area contributed by atoms with Gasteiger partial charge >= 0.3 is 6.18 Å². The van der Waals surface area contributed by atoms with E-state index in [9.17, 15) is 23.1 Å². The number of hydrogen-bond acceptors (Lipinski definition) is 3. The number of nitrogens with zero attached hydrogens (tertiary/aromatic N) is 1. The molecule has 0 saturated heterocycles. The maximum atomic E-state index is 12.7. The Morgan fingerprint density at radius 3 is 2.63 bits per heavy atom. The second-order valence-electron chi connectivity index (χ2n) is 4.42. The van der Waals surface area contributed by atoms with Crippen molar-refractivity contribution in [2.45, 2.75) is 26.1 Å². The molecule has 19 heavy (non-hydrogen) atoms. The maximum absolute atomic E-state index is 12.7. The van der Waals surface area contributed by atoms with Gasteiger partial charge in [-0.1, -0.05) is 13.8 Å². The second-order valence-corrected chi connectivity index (χ2v) is 4.42. The minimum atomic E-state index is -4.64. The molecule has 1 aromatic heterocycles.